The summed E-state index contributed by atoms with van der Waals surface area (Å²) in [6.45, 7) is 19.2. The van der Waals surface area contributed by atoms with E-state index in [1.165, 1.54) is 20.8 Å². The lowest BCUT2D eigenvalue weighted by atomic mass is 9.82. The van der Waals surface area contributed by atoms with Crippen molar-refractivity contribution in [3.63, 3.8) is 0 Å². The molecular formula is C83H141BN14O34. The molecule has 3 aromatic heterocycles. The zero-order valence-electron chi connectivity index (χ0n) is 77.1. The van der Waals surface area contributed by atoms with E-state index in [1.807, 2.05) is 27.7 Å². The highest BCUT2D eigenvalue weighted by Crippen LogP contribution is 2.42. The maximum absolute atomic E-state index is 14.3. The number of ether oxygens (including phenoxy) is 21. The van der Waals surface area contributed by atoms with Crippen molar-refractivity contribution in [2.45, 2.75) is 259 Å². The topological polar surface area (TPSA) is 571 Å². The van der Waals surface area contributed by atoms with Crippen LogP contribution in [-0.2, 0) is 172 Å². The molecule has 0 saturated carbocycles. The number of carbonyl (C=O) groups excluding carboxylic acids is 5. The van der Waals surface area contributed by atoms with Gasteiger partial charge in [-0.3, -0.25) is 24.0 Å². The minimum atomic E-state index is -1.35. The Labute approximate surface area is 768 Å². The van der Waals surface area contributed by atoms with Crippen LogP contribution in [0, 0.1) is 0 Å². The highest BCUT2D eigenvalue weighted by Gasteiger charge is 2.62. The first-order chi connectivity index (χ1) is 63.6. The van der Waals surface area contributed by atoms with Crippen molar-refractivity contribution < 1.29 is 163 Å². The van der Waals surface area contributed by atoms with Crippen molar-refractivity contribution in [1.29, 1.82) is 0 Å². The molecule has 10 heterocycles. The van der Waals surface area contributed by atoms with Crippen LogP contribution in [0.15, 0.2) is 18.6 Å². The molecule has 0 spiro atoms. The van der Waals surface area contributed by atoms with Gasteiger partial charge < -0.3 is 166 Å². The number of aliphatic hydroxyl groups is 6. The van der Waals surface area contributed by atoms with Gasteiger partial charge in [-0.25, -0.2) is 14.0 Å². The molecule has 7 aliphatic rings. The molecule has 7 saturated heterocycles. The van der Waals surface area contributed by atoms with Crippen molar-refractivity contribution in [3.05, 3.63) is 35.7 Å². The third kappa shape index (κ3) is 34.1. The van der Waals surface area contributed by atoms with Gasteiger partial charge in [0, 0.05) is 53.2 Å². The second-order valence-electron chi connectivity index (χ2n) is 34.7. The van der Waals surface area contributed by atoms with E-state index >= 15 is 0 Å². The van der Waals surface area contributed by atoms with Gasteiger partial charge >= 0.3 is 7.12 Å². The molecule has 6 bridgehead atoms. The second kappa shape index (κ2) is 55.3. The lowest BCUT2D eigenvalue weighted by Gasteiger charge is -2.42. The minimum absolute atomic E-state index is 0.0135. The van der Waals surface area contributed by atoms with Crippen LogP contribution in [-0.4, -0.2) is 424 Å². The molecule has 7 fully saturated rings. The number of fused-ring (bicyclic) bond motifs is 6. The molecule has 0 aliphatic carbocycles. The standard InChI is InChI=1S/C83H141BN14O34/c1-58(99)86-66-69(104)72(107)81(55-125-75(66)128-81)16-22-110-26-30-114-34-35-115-31-27-111-23-19-96-44-61(90-93-96)47-122-50-80(89-65(103)15-11-9-13-18-85-64(102)14-10-8-12-17-84-131-78(4,5)79(6,7)132-84,51-123-48-62-45-97(94-91-62)20-24-112-28-32-116-36-38-118-40-42-120-53-82-56-126-76(129-82)67(87-59(2)100)70(105)73(82)108)52-124-49-63-46-98(95-92-63)21-25-113-29-33-117-37-39-119-41-43-121-54-83-57-127-77(130-83)68(88-60(3)101)71(106)74(83)109/h44-46,66-77,104-109H,8-43,47-57H2,1-7H3,(H,85,102)(H,86,99)(H,87,100)(H,88,101)(H,89,103)/t66-,67-,68-,69-,70-,71-,72-,73-,74-,75+,76-,77+,80?,81+,82+,83+/m1/s1. The van der Waals surface area contributed by atoms with E-state index < -0.39 is 108 Å². The average Bonchev–Trinajstić information content (AvgIpc) is 1.60. The molecule has 132 heavy (non-hydrogen) atoms. The van der Waals surface area contributed by atoms with Crippen LogP contribution in [0.25, 0.3) is 0 Å². The quantitative estimate of drug-likeness (QED) is 0.0191. The number of aliphatic hydroxyl groups excluding tert-OH is 6. The number of hydrogen-bond donors (Lipinski definition) is 11. The molecule has 0 radical (unpaired) electrons. The summed E-state index contributed by atoms with van der Waals surface area (Å²) in [6, 6.07) is -2.71. The Bertz CT molecular complexity index is 3700. The molecule has 10 rings (SSSR count). The maximum Gasteiger partial charge on any atom is 0.457 e. The first-order valence-electron chi connectivity index (χ1n) is 45.7. The molecule has 750 valence electrons. The summed E-state index contributed by atoms with van der Waals surface area (Å²) < 4.78 is 139. The van der Waals surface area contributed by atoms with E-state index in [0.29, 0.717) is 161 Å². The van der Waals surface area contributed by atoms with E-state index in [9.17, 15) is 54.6 Å². The number of nitrogens with one attached hydrogen (secondary N) is 5. The van der Waals surface area contributed by atoms with Crippen LogP contribution in [0.4, 0.5) is 0 Å². The van der Waals surface area contributed by atoms with E-state index in [1.54, 1.807) is 32.6 Å². The summed E-state index contributed by atoms with van der Waals surface area (Å²) in [5.74, 6) is -1.48. The van der Waals surface area contributed by atoms with Gasteiger partial charge in [0.05, 0.1) is 261 Å². The molecule has 7 aliphatic heterocycles. The van der Waals surface area contributed by atoms with Gasteiger partial charge in [-0.1, -0.05) is 34.9 Å². The Morgan fingerprint density at radius 1 is 0.409 bits per heavy atom. The Morgan fingerprint density at radius 2 is 0.727 bits per heavy atom. The Balaban J connectivity index is 0.652. The van der Waals surface area contributed by atoms with Crippen LogP contribution in [0.1, 0.15) is 123 Å². The third-order valence-electron chi connectivity index (χ3n) is 23.4. The molecule has 1 unspecified atom stereocenters. The van der Waals surface area contributed by atoms with Crippen LogP contribution >= 0.6 is 0 Å². The number of nitrogens with zero attached hydrogens (tertiary/aromatic N) is 9. The number of hydrogen-bond acceptors (Lipinski definition) is 40. The van der Waals surface area contributed by atoms with Gasteiger partial charge in [0.25, 0.3) is 0 Å². The molecule has 49 heteroatoms. The van der Waals surface area contributed by atoms with Crippen LogP contribution in [0.5, 0.6) is 0 Å². The zero-order valence-corrected chi connectivity index (χ0v) is 77.1. The SMILES string of the molecule is CC(=O)N[C@H]1[C@@H]2OC[C@](COCCOCCOCCOCCn3cc(COCC(COCc4cn(CCOCCOCCOCCOCC[C@@]56CO[C@@H](O5)[C@H](NC(C)=O)[C@@H](O)[C@H]6O)nn4)(COCc4cn(CCOCCOCCOCCOC[C@@]56CO[C@@H](O5)[C@H](NC(C)=O)[C@@H](O)[C@H]6O)nn4)NC(=O)CCCCCNC(=O)CCCCCB4OC(C)(C)C(C)(C)O4)nn3)(O2)[C@H](O)[C@@H]1O. The monoisotopic (exact) mass is 1890 g/mol. The number of amides is 5. The van der Waals surface area contributed by atoms with Gasteiger partial charge in [-0.15, -0.1) is 15.3 Å². The number of rotatable bonds is 71. The molecule has 5 amide bonds. The first-order valence-corrected chi connectivity index (χ1v) is 45.7. The number of aromatic nitrogens is 9. The first kappa shape index (κ1) is 108. The van der Waals surface area contributed by atoms with Crippen LogP contribution in [0.2, 0.25) is 6.32 Å². The summed E-state index contributed by atoms with van der Waals surface area (Å²) in [5, 5.41) is 104. The van der Waals surface area contributed by atoms with E-state index in [2.05, 4.69) is 57.5 Å². The van der Waals surface area contributed by atoms with Gasteiger partial charge in [-0.05, 0) is 53.3 Å². The van der Waals surface area contributed by atoms with Gasteiger partial charge in [0.1, 0.15) is 94.2 Å². The predicted octanol–water partition coefficient (Wildman–Crippen LogP) is -3.76. The zero-order chi connectivity index (χ0) is 94.3. The summed E-state index contributed by atoms with van der Waals surface area (Å²) in [5.41, 5.74) is -4.31. The lowest BCUT2D eigenvalue weighted by molar-refractivity contribution is -0.238. The predicted molar refractivity (Wildman–Crippen MR) is 455 cm³/mol. The summed E-state index contributed by atoms with van der Waals surface area (Å²) in [4.78, 5) is 62.0. The van der Waals surface area contributed by atoms with Crippen LogP contribution in [0.3, 0.4) is 0 Å². The number of carbonyl (C=O) groups is 5. The Hall–Kier alpha value is -6.33. The van der Waals surface area contributed by atoms with Crippen molar-refractivity contribution in [2.24, 2.45) is 0 Å². The molecule has 48 nitrogen and oxygen atoms in total. The van der Waals surface area contributed by atoms with E-state index in [-0.39, 0.29) is 174 Å². The lowest BCUT2D eigenvalue weighted by Crippen LogP contribution is -2.66. The summed E-state index contributed by atoms with van der Waals surface area (Å²) in [6.07, 6.45) is 0.513. The van der Waals surface area contributed by atoms with Gasteiger partial charge in [-0.2, -0.15) is 0 Å². The Kier molecular flexibility index (Phi) is 45.1. The van der Waals surface area contributed by atoms with Gasteiger partial charge in [0.2, 0.25) is 29.5 Å². The molecule has 16 atom stereocenters. The van der Waals surface area contributed by atoms with Crippen molar-refractivity contribution in [3.8, 4) is 0 Å². The second-order valence-corrected chi connectivity index (χ2v) is 34.7. The fraction of sp³-hybridized carbons (Fsp3) is 0.867. The summed E-state index contributed by atoms with van der Waals surface area (Å²) in [7, 11) is -0.267. The van der Waals surface area contributed by atoms with Crippen molar-refractivity contribution in [2.75, 3.05) is 205 Å². The fourth-order valence-electron chi connectivity index (χ4n) is 15.6. The van der Waals surface area contributed by atoms with E-state index in [4.69, 9.17) is 109 Å². The largest absolute Gasteiger partial charge is 0.457 e. The van der Waals surface area contributed by atoms with E-state index in [0.717, 1.165) is 25.6 Å². The van der Waals surface area contributed by atoms with Crippen molar-refractivity contribution >= 4 is 36.7 Å². The van der Waals surface area contributed by atoms with Crippen LogP contribution < -0.4 is 26.6 Å². The highest BCUT2D eigenvalue weighted by atomic mass is 16.8. The maximum atomic E-state index is 14.3. The Morgan fingerprint density at radius 3 is 1.10 bits per heavy atom. The normalized spacial score (nSPS) is 26.7. The highest BCUT2D eigenvalue weighted by molar-refractivity contribution is 6.45. The molecule has 11 N–H and O–H groups in total. The molecule has 0 aromatic carbocycles. The summed E-state index contributed by atoms with van der Waals surface area (Å²) >= 11 is 0. The third-order valence-corrected chi connectivity index (χ3v) is 23.4. The average molecular weight is 1890 g/mol. The van der Waals surface area contributed by atoms with Crippen molar-refractivity contribution in [1.82, 2.24) is 71.6 Å². The minimum Gasteiger partial charge on any atom is -0.403 e. The molecule has 3 aromatic rings. The fourth-order valence-corrected chi connectivity index (χ4v) is 15.6. The number of unbranched alkanes of at least 4 members (excludes halogenated alkanes) is 4. The molecular weight excluding hydrogens is 1750 g/mol. The van der Waals surface area contributed by atoms with Gasteiger partial charge in [0.15, 0.2) is 18.9 Å². The smallest absolute Gasteiger partial charge is 0.403 e.